The second-order valence-electron chi connectivity index (χ2n) is 13.8. The van der Waals surface area contributed by atoms with E-state index in [1.807, 2.05) is 89.8 Å². The Morgan fingerprint density at radius 1 is 0.774 bits per heavy atom. The maximum Gasteiger partial charge on any atom is 0.243 e. The van der Waals surface area contributed by atoms with Crippen LogP contribution in [-0.2, 0) is 43.2 Å². The summed E-state index contributed by atoms with van der Waals surface area (Å²) in [5.74, 6) is -2.70. The Kier molecular flexibility index (Phi) is 12.5. The van der Waals surface area contributed by atoms with Crippen molar-refractivity contribution in [2.24, 2.45) is 0 Å². The van der Waals surface area contributed by atoms with Crippen molar-refractivity contribution in [3.05, 3.63) is 108 Å². The van der Waals surface area contributed by atoms with E-state index in [1.54, 1.807) is 6.20 Å². The van der Waals surface area contributed by atoms with Crippen LogP contribution in [0, 0.1) is 0 Å². The normalized spacial score (nSPS) is 23.4. The second-order valence-corrected chi connectivity index (χ2v) is 13.8. The number of fused-ring (bicyclic) bond motifs is 1. The molecule has 13 nitrogen and oxygen atoms in total. The number of nitrogens with one attached hydrogen (secondary N) is 6. The largest absolute Gasteiger partial charge is 0.395 e. The molecular weight excluding hydrogens is 674 g/mol. The molecule has 2 aliphatic rings. The smallest absolute Gasteiger partial charge is 0.243 e. The average Bonchev–Trinajstić information content (AvgIpc) is 3.79. The fraction of sp³-hybridized carbons (Fsp3) is 0.375. The average molecular weight is 722 g/mol. The van der Waals surface area contributed by atoms with Crippen LogP contribution in [0.5, 0.6) is 0 Å². The summed E-state index contributed by atoms with van der Waals surface area (Å²) in [5.41, 5.74) is 3.39. The van der Waals surface area contributed by atoms with E-state index in [0.717, 1.165) is 40.4 Å². The Labute approximate surface area is 308 Å². The fourth-order valence-corrected chi connectivity index (χ4v) is 7.17. The first kappa shape index (κ1) is 37.2. The number of aromatic amines is 1. The van der Waals surface area contributed by atoms with Crippen molar-refractivity contribution >= 4 is 40.4 Å². The summed E-state index contributed by atoms with van der Waals surface area (Å²) < 4.78 is 0. The van der Waals surface area contributed by atoms with Gasteiger partial charge in [-0.25, -0.2) is 0 Å². The number of amides is 5. The van der Waals surface area contributed by atoms with Gasteiger partial charge < -0.3 is 36.7 Å². The molecule has 3 aromatic carbocycles. The zero-order valence-electron chi connectivity index (χ0n) is 29.6. The van der Waals surface area contributed by atoms with Crippen LogP contribution in [0.3, 0.4) is 0 Å². The summed E-state index contributed by atoms with van der Waals surface area (Å²) in [7, 11) is 0. The lowest BCUT2D eigenvalue weighted by molar-refractivity contribution is -0.135. The Balaban J connectivity index is 1.30. The summed E-state index contributed by atoms with van der Waals surface area (Å²) in [6.07, 6.45) is 3.62. The Bertz CT molecular complexity index is 1880. The molecule has 0 saturated carbocycles. The van der Waals surface area contributed by atoms with Crippen LogP contribution >= 0.6 is 0 Å². The molecule has 53 heavy (non-hydrogen) atoms. The highest BCUT2D eigenvalue weighted by molar-refractivity contribution is 5.96. The van der Waals surface area contributed by atoms with Crippen LogP contribution in [0.25, 0.3) is 10.9 Å². The lowest BCUT2D eigenvalue weighted by Gasteiger charge is -2.28. The third kappa shape index (κ3) is 10.1. The van der Waals surface area contributed by atoms with Gasteiger partial charge in [0.15, 0.2) is 0 Å². The number of aliphatic hydroxyl groups is 1. The Morgan fingerprint density at radius 3 is 2.17 bits per heavy atom. The number of hydrogen-bond donors (Lipinski definition) is 7. The number of H-pyrrole nitrogens is 1. The van der Waals surface area contributed by atoms with Crippen LogP contribution in [0.1, 0.15) is 36.0 Å². The topological polar surface area (TPSA) is 185 Å². The number of benzene rings is 3. The third-order valence-corrected chi connectivity index (χ3v) is 9.96. The van der Waals surface area contributed by atoms with E-state index in [-0.39, 0.29) is 38.6 Å². The molecule has 1 aromatic heterocycles. The summed E-state index contributed by atoms with van der Waals surface area (Å²) in [6, 6.07) is 22.3. The molecule has 0 unspecified atom stereocenters. The van der Waals surface area contributed by atoms with Crippen molar-refractivity contribution in [3.8, 4) is 0 Å². The first-order valence-electron chi connectivity index (χ1n) is 18.2. The summed E-state index contributed by atoms with van der Waals surface area (Å²) in [6.45, 7) is 0.506. The molecule has 3 heterocycles. The van der Waals surface area contributed by atoms with Gasteiger partial charge in [-0.2, -0.15) is 0 Å². The maximum absolute atomic E-state index is 14.2. The number of para-hydroxylation sites is 1. The van der Waals surface area contributed by atoms with E-state index in [1.165, 1.54) is 0 Å². The Morgan fingerprint density at radius 2 is 1.43 bits per heavy atom. The molecule has 0 radical (unpaired) electrons. The minimum atomic E-state index is -1.27. The van der Waals surface area contributed by atoms with Crippen LogP contribution in [-0.4, -0.2) is 101 Å². The van der Waals surface area contributed by atoms with E-state index in [2.05, 4.69) is 31.6 Å². The molecule has 278 valence electrons. The number of rotatable bonds is 10. The monoisotopic (exact) mass is 721 g/mol. The van der Waals surface area contributed by atoms with Crippen LogP contribution in [0.15, 0.2) is 91.1 Å². The molecule has 2 fully saturated rings. The van der Waals surface area contributed by atoms with Crippen molar-refractivity contribution in [2.45, 2.75) is 68.7 Å². The van der Waals surface area contributed by atoms with E-state index in [0.29, 0.717) is 13.0 Å². The first-order chi connectivity index (χ1) is 25.7. The molecule has 2 saturated heterocycles. The SMILES string of the molecule is O=C1C[C@@H](NC(=O)CN2CCC[C@H]2CO)C(=O)NC[C@@H](Cc2ccccc2)NC(=O)[C@H](Cc2ccccc2)NC(=O)[C@H](Cc2c[nH]c3ccccc23)N1. The zero-order chi connectivity index (χ0) is 37.2. The van der Waals surface area contributed by atoms with Crippen molar-refractivity contribution in [2.75, 3.05) is 26.2 Å². The number of hydrogen-bond acceptors (Lipinski definition) is 7. The van der Waals surface area contributed by atoms with Crippen molar-refractivity contribution < 1.29 is 29.1 Å². The van der Waals surface area contributed by atoms with E-state index in [4.69, 9.17) is 0 Å². The van der Waals surface area contributed by atoms with E-state index >= 15 is 0 Å². The van der Waals surface area contributed by atoms with Crippen LogP contribution < -0.4 is 26.6 Å². The van der Waals surface area contributed by atoms with Crippen LogP contribution in [0.4, 0.5) is 0 Å². The molecule has 5 atom stereocenters. The molecule has 6 rings (SSSR count). The summed E-state index contributed by atoms with van der Waals surface area (Å²) in [4.78, 5) is 74.2. The van der Waals surface area contributed by atoms with Gasteiger partial charge in [0.25, 0.3) is 0 Å². The first-order valence-corrected chi connectivity index (χ1v) is 18.2. The highest BCUT2D eigenvalue weighted by Gasteiger charge is 2.33. The highest BCUT2D eigenvalue weighted by atomic mass is 16.3. The lowest BCUT2D eigenvalue weighted by Crippen LogP contribution is -2.59. The predicted octanol–water partition coefficient (Wildman–Crippen LogP) is 1.11. The molecule has 0 bridgehead atoms. The van der Waals surface area contributed by atoms with Crippen molar-refractivity contribution in [3.63, 3.8) is 0 Å². The fourth-order valence-electron chi connectivity index (χ4n) is 7.17. The minimum Gasteiger partial charge on any atom is -0.395 e. The number of likely N-dealkylation sites (tertiary alicyclic amines) is 1. The van der Waals surface area contributed by atoms with E-state index in [9.17, 15) is 29.1 Å². The number of carbonyl (C=O) groups excluding carboxylic acids is 5. The van der Waals surface area contributed by atoms with Crippen molar-refractivity contribution in [1.82, 2.24) is 36.5 Å². The predicted molar refractivity (Wildman–Crippen MR) is 199 cm³/mol. The number of aromatic nitrogens is 1. The number of carbonyl (C=O) groups is 5. The molecular formula is C40H47N7O6. The number of aliphatic hydroxyl groups excluding tert-OH is 1. The van der Waals surface area contributed by atoms with Gasteiger partial charge in [0.05, 0.1) is 25.6 Å². The summed E-state index contributed by atoms with van der Waals surface area (Å²) in [5, 5.41) is 25.0. The van der Waals surface area contributed by atoms with Crippen LogP contribution in [0.2, 0.25) is 0 Å². The van der Waals surface area contributed by atoms with E-state index < -0.39 is 60.1 Å². The van der Waals surface area contributed by atoms with Gasteiger partial charge in [-0.1, -0.05) is 78.9 Å². The Hall–Kier alpha value is -5.53. The molecule has 0 spiro atoms. The lowest BCUT2D eigenvalue weighted by atomic mass is 10.0. The van der Waals surface area contributed by atoms with Gasteiger partial charge in [-0.05, 0) is 48.6 Å². The maximum atomic E-state index is 14.2. The van der Waals surface area contributed by atoms with Gasteiger partial charge in [-0.3, -0.25) is 28.9 Å². The third-order valence-electron chi connectivity index (χ3n) is 9.96. The van der Waals surface area contributed by atoms with Gasteiger partial charge >= 0.3 is 0 Å². The number of nitrogens with zero attached hydrogens (tertiary/aromatic N) is 1. The molecule has 4 aromatic rings. The van der Waals surface area contributed by atoms with Gasteiger partial charge in [-0.15, -0.1) is 0 Å². The standard InChI is InChI=1S/C40H47N7O6/c48-25-30-14-9-17-47(30)24-37(50)45-35-21-36(49)44-34(20-28-22-41-32-16-8-7-15-31(28)32)40(53)46-33(19-27-12-5-2-6-13-27)39(52)43-29(23-42-38(35)51)18-26-10-3-1-4-11-26/h1-8,10-13,15-16,22,29-30,33-35,41,48H,9,14,17-21,23-25H2,(H,42,51)(H,43,52)(H,44,49)(H,45,50)(H,46,53)/t29-,30+,33+,34+,35-/m1/s1. The van der Waals surface area contributed by atoms with Gasteiger partial charge in [0.2, 0.25) is 29.5 Å². The molecule has 5 amide bonds. The molecule has 2 aliphatic heterocycles. The molecule has 13 heteroatoms. The zero-order valence-corrected chi connectivity index (χ0v) is 29.6. The van der Waals surface area contributed by atoms with Crippen molar-refractivity contribution in [1.29, 1.82) is 0 Å². The molecule has 7 N–H and O–H groups in total. The second kappa shape index (κ2) is 17.8. The summed E-state index contributed by atoms with van der Waals surface area (Å²) >= 11 is 0. The minimum absolute atomic E-state index is 0.00135. The van der Waals surface area contributed by atoms with Gasteiger partial charge in [0.1, 0.15) is 18.1 Å². The quantitative estimate of drug-likeness (QED) is 0.128. The highest BCUT2D eigenvalue weighted by Crippen LogP contribution is 2.20. The van der Waals surface area contributed by atoms with Gasteiger partial charge in [0, 0.05) is 42.5 Å². The molecule has 0 aliphatic carbocycles.